The molecule has 0 aromatic carbocycles. The normalized spacial score (nSPS) is 20.7. The zero-order valence-electron chi connectivity index (χ0n) is 16.4. The quantitative estimate of drug-likeness (QED) is 0.800. The maximum absolute atomic E-state index is 12.8. The highest BCUT2D eigenvalue weighted by Crippen LogP contribution is 2.36. The van der Waals surface area contributed by atoms with Crippen molar-refractivity contribution in [3.63, 3.8) is 0 Å². The monoisotopic (exact) mass is 407 g/mol. The van der Waals surface area contributed by atoms with E-state index in [2.05, 4.69) is 25.4 Å². The smallest absolute Gasteiger partial charge is 0.418 e. The van der Waals surface area contributed by atoms with Crippen LogP contribution in [0.25, 0.3) is 11.4 Å². The molecule has 1 saturated heterocycles. The highest BCUT2D eigenvalue weighted by molar-refractivity contribution is 5.68. The summed E-state index contributed by atoms with van der Waals surface area (Å²) in [6.45, 7) is 5.82. The number of hydrogen-bond acceptors (Lipinski definition) is 6. The zero-order chi connectivity index (χ0) is 20.8. The first-order valence-electron chi connectivity index (χ1n) is 9.85. The number of halogens is 3. The van der Waals surface area contributed by atoms with E-state index in [-0.39, 0.29) is 11.4 Å². The Labute approximate surface area is 167 Å². The van der Waals surface area contributed by atoms with Crippen LogP contribution in [0.2, 0.25) is 0 Å². The first-order valence-corrected chi connectivity index (χ1v) is 9.85. The fourth-order valence-corrected chi connectivity index (χ4v) is 3.85. The number of hydrogen-bond donors (Lipinski definition) is 2. The number of alkyl halides is 3. The highest BCUT2D eigenvalue weighted by Gasteiger charge is 2.33. The van der Waals surface area contributed by atoms with Crippen LogP contribution in [-0.4, -0.2) is 50.4 Å². The maximum Gasteiger partial charge on any atom is 0.418 e. The third-order valence-electron chi connectivity index (χ3n) is 5.80. The molecule has 9 heteroatoms. The predicted molar refractivity (Wildman–Crippen MR) is 103 cm³/mol. The van der Waals surface area contributed by atoms with Crippen molar-refractivity contribution in [1.82, 2.24) is 20.1 Å². The Hall–Kier alpha value is -2.42. The zero-order valence-corrected chi connectivity index (χ0v) is 16.4. The molecule has 1 atom stereocenters. The molecule has 0 radical (unpaired) electrons. The van der Waals surface area contributed by atoms with Crippen LogP contribution in [0.1, 0.15) is 42.4 Å². The Balaban J connectivity index is 1.56. The molecule has 2 aromatic rings. The SMILES string of the molecule is Cc1c(NC2CCCN(C3CC3)C2)nnc(-c2ncc(C(F)(F)F)cc2O)c1C. The van der Waals surface area contributed by atoms with Gasteiger partial charge >= 0.3 is 6.18 Å². The number of rotatable bonds is 4. The van der Waals surface area contributed by atoms with Crippen LogP contribution in [-0.2, 0) is 6.18 Å². The van der Waals surface area contributed by atoms with E-state index in [1.165, 1.54) is 12.8 Å². The van der Waals surface area contributed by atoms with E-state index in [1.54, 1.807) is 6.92 Å². The summed E-state index contributed by atoms with van der Waals surface area (Å²) in [4.78, 5) is 6.32. The van der Waals surface area contributed by atoms with E-state index in [1.807, 2.05) is 6.92 Å². The summed E-state index contributed by atoms with van der Waals surface area (Å²) in [5, 5.41) is 22.0. The molecule has 1 unspecified atom stereocenters. The lowest BCUT2D eigenvalue weighted by atomic mass is 10.0. The molecular formula is C20H24F3N5O. The van der Waals surface area contributed by atoms with Crippen LogP contribution in [0.15, 0.2) is 12.3 Å². The van der Waals surface area contributed by atoms with Gasteiger partial charge < -0.3 is 10.4 Å². The molecule has 1 aliphatic heterocycles. The van der Waals surface area contributed by atoms with Crippen molar-refractivity contribution in [3.05, 3.63) is 29.0 Å². The molecule has 1 saturated carbocycles. The molecule has 6 nitrogen and oxygen atoms in total. The summed E-state index contributed by atoms with van der Waals surface area (Å²) < 4.78 is 38.4. The van der Waals surface area contributed by atoms with Crippen LogP contribution in [0.5, 0.6) is 5.75 Å². The fraction of sp³-hybridized carbons (Fsp3) is 0.550. The molecule has 0 bridgehead atoms. The summed E-state index contributed by atoms with van der Waals surface area (Å²) in [5.74, 6) is 0.102. The van der Waals surface area contributed by atoms with Gasteiger partial charge in [0.2, 0.25) is 0 Å². The fourth-order valence-electron chi connectivity index (χ4n) is 3.85. The van der Waals surface area contributed by atoms with E-state index in [9.17, 15) is 18.3 Å². The number of nitrogens with one attached hydrogen (secondary N) is 1. The molecule has 156 valence electrons. The van der Waals surface area contributed by atoms with Crippen molar-refractivity contribution in [2.75, 3.05) is 18.4 Å². The minimum atomic E-state index is -4.57. The summed E-state index contributed by atoms with van der Waals surface area (Å²) in [6, 6.07) is 1.68. The van der Waals surface area contributed by atoms with Gasteiger partial charge in [0, 0.05) is 24.8 Å². The number of aromatic hydroxyl groups is 1. The van der Waals surface area contributed by atoms with Gasteiger partial charge in [-0.3, -0.25) is 4.90 Å². The van der Waals surface area contributed by atoms with Gasteiger partial charge in [0.15, 0.2) is 5.82 Å². The largest absolute Gasteiger partial charge is 0.506 e. The van der Waals surface area contributed by atoms with Crippen molar-refractivity contribution in [3.8, 4) is 17.1 Å². The topological polar surface area (TPSA) is 74.2 Å². The molecule has 0 amide bonds. The number of aromatic nitrogens is 3. The standard InChI is InChI=1S/C20H24F3N5O/c1-11-12(2)19(25-14-4-3-7-28(10-14)15-5-6-15)27-26-17(11)18-16(29)8-13(9-24-18)20(21,22)23/h8-9,14-15,29H,3-7,10H2,1-2H3,(H,25,27). The van der Waals surface area contributed by atoms with E-state index >= 15 is 0 Å². The molecule has 29 heavy (non-hydrogen) atoms. The molecule has 2 fully saturated rings. The summed E-state index contributed by atoms with van der Waals surface area (Å²) in [6.07, 6.45) is 0.896. The van der Waals surface area contributed by atoms with Crippen molar-refractivity contribution >= 4 is 5.82 Å². The third kappa shape index (κ3) is 4.14. The van der Waals surface area contributed by atoms with Crippen LogP contribution < -0.4 is 5.32 Å². The lowest BCUT2D eigenvalue weighted by Crippen LogP contribution is -2.43. The van der Waals surface area contributed by atoms with E-state index in [0.29, 0.717) is 24.1 Å². The Morgan fingerprint density at radius 2 is 1.86 bits per heavy atom. The first-order chi connectivity index (χ1) is 13.7. The van der Waals surface area contributed by atoms with Gasteiger partial charge in [-0.05, 0) is 63.3 Å². The highest BCUT2D eigenvalue weighted by atomic mass is 19.4. The molecule has 1 aliphatic carbocycles. The molecule has 2 aromatic heterocycles. The van der Waals surface area contributed by atoms with Crippen molar-refractivity contribution < 1.29 is 18.3 Å². The average Bonchev–Trinajstić information content (AvgIpc) is 3.51. The Morgan fingerprint density at radius 1 is 1.10 bits per heavy atom. The minimum absolute atomic E-state index is 0.00442. The molecular weight excluding hydrogens is 383 g/mol. The van der Waals surface area contributed by atoms with Crippen molar-refractivity contribution in [2.24, 2.45) is 0 Å². The second kappa shape index (κ2) is 7.44. The summed E-state index contributed by atoms with van der Waals surface area (Å²) in [7, 11) is 0. The molecule has 4 rings (SSSR count). The second-order valence-corrected chi connectivity index (χ2v) is 7.95. The number of piperidine rings is 1. The number of likely N-dealkylation sites (tertiary alicyclic amines) is 1. The van der Waals surface area contributed by atoms with Gasteiger partial charge in [-0.2, -0.15) is 13.2 Å². The van der Waals surface area contributed by atoms with Crippen LogP contribution in [0.4, 0.5) is 19.0 Å². The van der Waals surface area contributed by atoms with Gasteiger partial charge in [-0.15, -0.1) is 10.2 Å². The van der Waals surface area contributed by atoms with Gasteiger partial charge in [0.25, 0.3) is 0 Å². The van der Waals surface area contributed by atoms with E-state index in [4.69, 9.17) is 0 Å². The Kier molecular flexibility index (Phi) is 5.10. The van der Waals surface area contributed by atoms with Gasteiger partial charge in [-0.25, -0.2) is 4.98 Å². The Bertz CT molecular complexity index is 914. The first kappa shape index (κ1) is 19.9. The lowest BCUT2D eigenvalue weighted by molar-refractivity contribution is -0.137. The van der Waals surface area contributed by atoms with Crippen molar-refractivity contribution in [2.45, 2.75) is 57.8 Å². The number of nitrogens with zero attached hydrogens (tertiary/aromatic N) is 4. The predicted octanol–water partition coefficient (Wildman–Crippen LogP) is 3.92. The van der Waals surface area contributed by atoms with Crippen LogP contribution in [0.3, 0.4) is 0 Å². The van der Waals surface area contributed by atoms with Gasteiger partial charge in [0.1, 0.15) is 17.1 Å². The van der Waals surface area contributed by atoms with E-state index < -0.39 is 17.5 Å². The second-order valence-electron chi connectivity index (χ2n) is 7.95. The maximum atomic E-state index is 12.8. The summed E-state index contributed by atoms with van der Waals surface area (Å²) in [5.41, 5.74) is 0.842. The third-order valence-corrected chi connectivity index (χ3v) is 5.80. The summed E-state index contributed by atoms with van der Waals surface area (Å²) >= 11 is 0. The molecule has 3 heterocycles. The number of pyridine rings is 1. The van der Waals surface area contributed by atoms with Crippen LogP contribution >= 0.6 is 0 Å². The lowest BCUT2D eigenvalue weighted by Gasteiger charge is -2.33. The van der Waals surface area contributed by atoms with Crippen molar-refractivity contribution in [1.29, 1.82) is 0 Å². The number of anilines is 1. The molecule has 2 N–H and O–H groups in total. The molecule has 2 aliphatic rings. The average molecular weight is 407 g/mol. The minimum Gasteiger partial charge on any atom is -0.506 e. The van der Waals surface area contributed by atoms with Gasteiger partial charge in [-0.1, -0.05) is 0 Å². The van der Waals surface area contributed by atoms with E-state index in [0.717, 1.165) is 43.1 Å². The van der Waals surface area contributed by atoms with Crippen LogP contribution in [0, 0.1) is 13.8 Å². The molecule has 0 spiro atoms. The Morgan fingerprint density at radius 3 is 2.52 bits per heavy atom. The van der Waals surface area contributed by atoms with Gasteiger partial charge in [0.05, 0.1) is 5.56 Å².